The molecule has 1 aliphatic heterocycles. The van der Waals surface area contributed by atoms with E-state index in [-0.39, 0.29) is 17.4 Å². The number of pyridine rings is 1. The second-order valence-corrected chi connectivity index (χ2v) is 6.90. The van der Waals surface area contributed by atoms with Gasteiger partial charge in [-0.3, -0.25) is 14.7 Å². The minimum atomic E-state index is -5.08. The van der Waals surface area contributed by atoms with Crippen molar-refractivity contribution in [3.05, 3.63) is 64.7 Å². The van der Waals surface area contributed by atoms with Crippen molar-refractivity contribution in [1.29, 1.82) is 0 Å². The van der Waals surface area contributed by atoms with Crippen LogP contribution in [-0.4, -0.2) is 39.6 Å². The van der Waals surface area contributed by atoms with Crippen LogP contribution in [0.4, 0.5) is 17.6 Å². The highest BCUT2D eigenvalue weighted by molar-refractivity contribution is 5.92. The van der Waals surface area contributed by atoms with Gasteiger partial charge >= 0.3 is 12.1 Å². The van der Waals surface area contributed by atoms with E-state index in [0.717, 1.165) is 24.9 Å². The van der Waals surface area contributed by atoms with Crippen LogP contribution in [0.1, 0.15) is 45.9 Å². The summed E-state index contributed by atoms with van der Waals surface area (Å²) < 4.78 is 45.9. The van der Waals surface area contributed by atoms with Gasteiger partial charge in [0.1, 0.15) is 5.82 Å². The molecule has 1 aromatic carbocycles. The van der Waals surface area contributed by atoms with Gasteiger partial charge in [-0.2, -0.15) is 13.2 Å². The minimum Gasteiger partial charge on any atom is -0.475 e. The van der Waals surface area contributed by atoms with Gasteiger partial charge in [0.2, 0.25) is 5.91 Å². The molecule has 2 aromatic rings. The molecule has 10 heteroatoms. The summed E-state index contributed by atoms with van der Waals surface area (Å²) in [6, 6.07) is 6.86. The maximum atomic E-state index is 14.2. The molecule has 1 fully saturated rings. The van der Waals surface area contributed by atoms with Crippen molar-refractivity contribution < 1.29 is 32.3 Å². The quantitative estimate of drug-likeness (QED) is 0.727. The molecule has 3 N–H and O–H groups in total. The fraction of sp³-hybridized carbons (Fsp3) is 0.350. The summed E-state index contributed by atoms with van der Waals surface area (Å²) in [5.41, 5.74) is 8.28. The van der Waals surface area contributed by atoms with Crippen LogP contribution in [0.2, 0.25) is 0 Å². The lowest BCUT2D eigenvalue weighted by Gasteiger charge is -2.25. The molecule has 0 radical (unpaired) electrons. The summed E-state index contributed by atoms with van der Waals surface area (Å²) in [6.45, 7) is 3.47. The number of carboxylic acids is 1. The molecule has 0 spiro atoms. The van der Waals surface area contributed by atoms with Gasteiger partial charge in [-0.05, 0) is 49.6 Å². The monoisotopic (exact) mass is 427 g/mol. The number of primary amides is 1. The van der Waals surface area contributed by atoms with E-state index in [0.29, 0.717) is 12.1 Å². The third kappa shape index (κ3) is 6.24. The van der Waals surface area contributed by atoms with Crippen molar-refractivity contribution in [2.45, 2.75) is 38.5 Å². The van der Waals surface area contributed by atoms with Gasteiger partial charge in [0.25, 0.3) is 0 Å². The Kier molecular flexibility index (Phi) is 7.49. The molecule has 0 saturated carbocycles. The lowest BCUT2D eigenvalue weighted by Crippen LogP contribution is -2.23. The number of aromatic nitrogens is 1. The Balaban J connectivity index is 0.000000396. The number of aliphatic carboxylic acids is 1. The number of likely N-dealkylation sites (tertiary alicyclic amines) is 1. The molecule has 0 aliphatic carbocycles. The molecular formula is C20H21F4N3O3. The average Bonchev–Trinajstić information content (AvgIpc) is 3.11. The van der Waals surface area contributed by atoms with E-state index in [2.05, 4.69) is 16.0 Å². The number of nitrogens with two attached hydrogens (primary N) is 1. The van der Waals surface area contributed by atoms with E-state index in [4.69, 9.17) is 15.6 Å². The number of carbonyl (C=O) groups is 2. The second kappa shape index (κ2) is 9.66. The van der Waals surface area contributed by atoms with Crippen LogP contribution in [0.25, 0.3) is 0 Å². The lowest BCUT2D eigenvalue weighted by atomic mass is 10.0. The number of carboxylic acid groups (broad SMARTS) is 1. The van der Waals surface area contributed by atoms with Crippen LogP contribution in [0, 0.1) is 12.7 Å². The zero-order valence-corrected chi connectivity index (χ0v) is 16.1. The molecule has 6 nitrogen and oxygen atoms in total. The number of amides is 1. The first kappa shape index (κ1) is 23.3. The Morgan fingerprint density at radius 1 is 1.27 bits per heavy atom. The molecule has 1 saturated heterocycles. The predicted octanol–water partition coefficient (Wildman–Crippen LogP) is 3.60. The molecule has 1 aliphatic rings. The number of rotatable bonds is 4. The number of hydrogen-bond acceptors (Lipinski definition) is 4. The smallest absolute Gasteiger partial charge is 0.475 e. The highest BCUT2D eigenvalue weighted by atomic mass is 19.4. The van der Waals surface area contributed by atoms with Gasteiger partial charge in [-0.1, -0.05) is 12.1 Å². The van der Waals surface area contributed by atoms with Crippen LogP contribution >= 0.6 is 0 Å². The van der Waals surface area contributed by atoms with Crippen LogP contribution in [0.5, 0.6) is 0 Å². The first-order valence-corrected chi connectivity index (χ1v) is 9.03. The van der Waals surface area contributed by atoms with Crippen molar-refractivity contribution in [3.63, 3.8) is 0 Å². The van der Waals surface area contributed by atoms with Crippen molar-refractivity contribution in [2.24, 2.45) is 5.73 Å². The first-order chi connectivity index (χ1) is 14.0. The Labute approximate surface area is 170 Å². The zero-order valence-electron chi connectivity index (χ0n) is 16.1. The standard InChI is InChI=1S/C18H20FN3O.C2HF3O2/c1-12-7-15(10-21-9-12)17-3-2-6-22(17)11-14-5-4-13(18(20)23)8-16(14)19;3-2(4,5)1(6)7/h4-5,7-10,17H,2-3,6,11H2,1H3,(H2,20,23);(H,6,7). The maximum absolute atomic E-state index is 14.2. The van der Waals surface area contributed by atoms with Gasteiger partial charge in [-0.15, -0.1) is 0 Å². The van der Waals surface area contributed by atoms with E-state index < -0.39 is 18.1 Å². The van der Waals surface area contributed by atoms with Crippen LogP contribution in [0.15, 0.2) is 36.7 Å². The zero-order chi connectivity index (χ0) is 22.5. The summed E-state index contributed by atoms with van der Waals surface area (Å²) >= 11 is 0. The third-order valence-corrected chi connectivity index (χ3v) is 4.60. The summed E-state index contributed by atoms with van der Waals surface area (Å²) in [5.74, 6) is -3.75. The highest BCUT2D eigenvalue weighted by Gasteiger charge is 2.38. The summed E-state index contributed by atoms with van der Waals surface area (Å²) in [5, 5.41) is 7.12. The Morgan fingerprint density at radius 2 is 1.93 bits per heavy atom. The average molecular weight is 427 g/mol. The largest absolute Gasteiger partial charge is 0.490 e. The topological polar surface area (TPSA) is 96.5 Å². The first-order valence-electron chi connectivity index (χ1n) is 9.03. The van der Waals surface area contributed by atoms with Gasteiger partial charge in [0.05, 0.1) is 0 Å². The second-order valence-electron chi connectivity index (χ2n) is 6.90. The number of alkyl halides is 3. The minimum absolute atomic E-state index is 0.201. The fourth-order valence-electron chi connectivity index (χ4n) is 3.20. The van der Waals surface area contributed by atoms with Crippen LogP contribution in [-0.2, 0) is 11.3 Å². The molecule has 162 valence electrons. The van der Waals surface area contributed by atoms with E-state index in [1.54, 1.807) is 12.1 Å². The maximum Gasteiger partial charge on any atom is 0.490 e. The number of hydrogen-bond donors (Lipinski definition) is 2. The number of carbonyl (C=O) groups excluding carboxylic acids is 1. The summed E-state index contributed by atoms with van der Waals surface area (Å²) in [4.78, 5) is 26.5. The number of aryl methyl sites for hydroxylation is 1. The van der Waals surface area contributed by atoms with Gasteiger partial charge < -0.3 is 10.8 Å². The Bertz CT molecular complexity index is 918. The lowest BCUT2D eigenvalue weighted by molar-refractivity contribution is -0.192. The highest BCUT2D eigenvalue weighted by Crippen LogP contribution is 2.33. The van der Waals surface area contributed by atoms with E-state index in [1.807, 2.05) is 19.3 Å². The van der Waals surface area contributed by atoms with Crippen LogP contribution in [0.3, 0.4) is 0 Å². The number of halogens is 4. The van der Waals surface area contributed by atoms with E-state index in [9.17, 15) is 22.4 Å². The number of benzene rings is 1. The molecule has 1 aromatic heterocycles. The van der Waals surface area contributed by atoms with Gasteiger partial charge in [0.15, 0.2) is 0 Å². The Hall–Kier alpha value is -3.01. The predicted molar refractivity (Wildman–Crippen MR) is 100.0 cm³/mol. The number of nitrogens with zero attached hydrogens (tertiary/aromatic N) is 2. The van der Waals surface area contributed by atoms with Crippen molar-refractivity contribution >= 4 is 11.9 Å². The molecule has 3 rings (SSSR count). The van der Waals surface area contributed by atoms with Gasteiger partial charge in [-0.25, -0.2) is 9.18 Å². The SMILES string of the molecule is Cc1cncc(C2CCCN2Cc2ccc(C(N)=O)cc2F)c1.O=C(O)C(F)(F)F. The third-order valence-electron chi connectivity index (χ3n) is 4.60. The van der Waals surface area contributed by atoms with Crippen molar-refractivity contribution in [2.75, 3.05) is 6.54 Å². The van der Waals surface area contributed by atoms with E-state index in [1.165, 1.54) is 11.6 Å². The molecule has 1 atom stereocenters. The molecule has 30 heavy (non-hydrogen) atoms. The van der Waals surface area contributed by atoms with E-state index >= 15 is 0 Å². The molecular weight excluding hydrogens is 406 g/mol. The molecule has 2 heterocycles. The summed E-state index contributed by atoms with van der Waals surface area (Å²) in [6.07, 6.45) is 0.777. The van der Waals surface area contributed by atoms with Gasteiger partial charge in [0, 0.05) is 36.1 Å². The molecule has 1 unspecified atom stereocenters. The van der Waals surface area contributed by atoms with Crippen molar-refractivity contribution in [1.82, 2.24) is 9.88 Å². The normalized spacial score (nSPS) is 16.6. The fourth-order valence-corrected chi connectivity index (χ4v) is 3.20. The van der Waals surface area contributed by atoms with Crippen LogP contribution < -0.4 is 5.73 Å². The van der Waals surface area contributed by atoms with Crippen molar-refractivity contribution in [3.8, 4) is 0 Å². The Morgan fingerprint density at radius 3 is 2.47 bits per heavy atom. The molecule has 0 bridgehead atoms. The summed E-state index contributed by atoms with van der Waals surface area (Å²) in [7, 11) is 0. The molecule has 1 amide bonds.